The Bertz CT molecular complexity index is 259. The molecule has 4 N–H and O–H groups in total. The van der Waals surface area contributed by atoms with Crippen molar-refractivity contribution < 1.29 is 17.7 Å². The first-order valence-electron chi connectivity index (χ1n) is 5.62. The molecule has 8 heteroatoms. The Balaban J connectivity index is 3.04. The lowest BCUT2D eigenvalue weighted by molar-refractivity contribution is 0.176. The summed E-state index contributed by atoms with van der Waals surface area (Å²) in [6.45, 7) is 4.43. The summed E-state index contributed by atoms with van der Waals surface area (Å²) in [5.41, 5.74) is 0. The van der Waals surface area contributed by atoms with Crippen molar-refractivity contribution in [3.63, 3.8) is 0 Å². The summed E-state index contributed by atoms with van der Waals surface area (Å²) in [6.07, 6.45) is 0.425. The van der Waals surface area contributed by atoms with E-state index in [-0.39, 0.29) is 5.75 Å². The zero-order valence-electron chi connectivity index (χ0n) is 10.2. The molecule has 0 fully saturated rings. The third-order valence-electron chi connectivity index (χ3n) is 1.96. The average molecular weight is 269 g/mol. The topological polar surface area (TPSA) is 99.7 Å². The van der Waals surface area contributed by atoms with Gasteiger partial charge in [0.25, 0.3) is 10.1 Å². The van der Waals surface area contributed by atoms with Crippen molar-refractivity contribution in [1.29, 1.82) is 0 Å². The Kier molecular flexibility index (Phi) is 10.7. The lowest BCUT2D eigenvalue weighted by Gasteiger charge is -2.06. The standard InChI is InChI=1S/C9H23N3O4S/c1-16-9-12-7-6-11-5-4-10-3-2-8-17(13,14)15/h10-12H,2-9H2,1H3,(H,13,14,15). The van der Waals surface area contributed by atoms with Gasteiger partial charge in [-0.3, -0.25) is 9.87 Å². The summed E-state index contributed by atoms with van der Waals surface area (Å²) in [6, 6.07) is 0. The highest BCUT2D eigenvalue weighted by Gasteiger charge is 2.02. The average Bonchev–Trinajstić information content (AvgIpc) is 2.24. The molecule has 0 aliphatic carbocycles. The van der Waals surface area contributed by atoms with E-state index in [0.717, 1.165) is 26.2 Å². The van der Waals surface area contributed by atoms with Gasteiger partial charge in [-0.15, -0.1) is 0 Å². The summed E-state index contributed by atoms with van der Waals surface area (Å²) < 4.78 is 34.1. The van der Waals surface area contributed by atoms with Crippen LogP contribution in [0.25, 0.3) is 0 Å². The zero-order chi connectivity index (χ0) is 13.0. The SMILES string of the molecule is COCNCCNCCNCCCS(=O)(=O)O. The molecule has 0 aromatic rings. The van der Waals surface area contributed by atoms with Crippen molar-refractivity contribution >= 4 is 10.1 Å². The molecule has 0 aromatic carbocycles. The molecule has 0 atom stereocenters. The lowest BCUT2D eigenvalue weighted by Crippen LogP contribution is -2.33. The molecular weight excluding hydrogens is 246 g/mol. The van der Waals surface area contributed by atoms with Gasteiger partial charge in [-0.1, -0.05) is 0 Å². The molecule has 0 aliphatic rings. The number of rotatable bonds is 12. The van der Waals surface area contributed by atoms with Crippen molar-refractivity contribution in [2.45, 2.75) is 6.42 Å². The van der Waals surface area contributed by atoms with Crippen LogP contribution in [-0.4, -0.2) is 65.3 Å². The van der Waals surface area contributed by atoms with Crippen LogP contribution in [0.4, 0.5) is 0 Å². The second kappa shape index (κ2) is 10.9. The Morgan fingerprint density at radius 3 is 2.06 bits per heavy atom. The summed E-state index contributed by atoms with van der Waals surface area (Å²) in [7, 11) is -2.17. The van der Waals surface area contributed by atoms with Crippen LogP contribution in [0.15, 0.2) is 0 Å². The fourth-order valence-corrected chi connectivity index (χ4v) is 1.67. The van der Waals surface area contributed by atoms with Crippen molar-refractivity contribution in [3.8, 4) is 0 Å². The van der Waals surface area contributed by atoms with Gasteiger partial charge >= 0.3 is 0 Å². The molecule has 104 valence electrons. The molecule has 0 aromatic heterocycles. The third-order valence-corrected chi connectivity index (χ3v) is 2.76. The molecule has 0 aliphatic heterocycles. The Morgan fingerprint density at radius 1 is 1.00 bits per heavy atom. The van der Waals surface area contributed by atoms with Crippen molar-refractivity contribution in [2.75, 3.05) is 52.3 Å². The van der Waals surface area contributed by atoms with E-state index in [1.54, 1.807) is 7.11 Å². The maximum atomic E-state index is 10.4. The van der Waals surface area contributed by atoms with Gasteiger partial charge in [-0.05, 0) is 13.0 Å². The van der Waals surface area contributed by atoms with Gasteiger partial charge in [-0.2, -0.15) is 8.42 Å². The van der Waals surface area contributed by atoms with Gasteiger partial charge in [0.1, 0.15) is 0 Å². The highest BCUT2D eigenvalue weighted by atomic mass is 32.2. The summed E-state index contributed by atoms with van der Waals surface area (Å²) in [4.78, 5) is 0. The first-order chi connectivity index (χ1) is 8.06. The van der Waals surface area contributed by atoms with Gasteiger partial charge in [0.15, 0.2) is 0 Å². The molecule has 7 nitrogen and oxygen atoms in total. The quantitative estimate of drug-likeness (QED) is 0.197. The van der Waals surface area contributed by atoms with Crippen LogP contribution in [-0.2, 0) is 14.9 Å². The lowest BCUT2D eigenvalue weighted by atomic mass is 10.4. The van der Waals surface area contributed by atoms with E-state index in [9.17, 15) is 8.42 Å². The van der Waals surface area contributed by atoms with Crippen LogP contribution in [0, 0.1) is 0 Å². The largest absolute Gasteiger partial charge is 0.370 e. The molecule has 17 heavy (non-hydrogen) atoms. The fourth-order valence-electron chi connectivity index (χ4n) is 1.16. The predicted molar refractivity (Wildman–Crippen MR) is 66.7 cm³/mol. The van der Waals surface area contributed by atoms with Crippen molar-refractivity contribution in [3.05, 3.63) is 0 Å². The van der Waals surface area contributed by atoms with Gasteiger partial charge < -0.3 is 15.4 Å². The van der Waals surface area contributed by atoms with Crippen LogP contribution in [0.3, 0.4) is 0 Å². The molecule has 0 rings (SSSR count). The van der Waals surface area contributed by atoms with Gasteiger partial charge in [0.2, 0.25) is 0 Å². The minimum atomic E-state index is -3.81. The van der Waals surface area contributed by atoms with Crippen LogP contribution < -0.4 is 16.0 Å². The highest BCUT2D eigenvalue weighted by Crippen LogP contribution is 1.85. The van der Waals surface area contributed by atoms with E-state index in [0.29, 0.717) is 19.7 Å². The molecule has 0 amide bonds. The van der Waals surface area contributed by atoms with Crippen LogP contribution >= 0.6 is 0 Å². The molecule has 0 saturated carbocycles. The predicted octanol–water partition coefficient (Wildman–Crippen LogP) is -1.36. The molecule has 0 spiro atoms. The van der Waals surface area contributed by atoms with Crippen LogP contribution in [0.1, 0.15) is 6.42 Å². The van der Waals surface area contributed by atoms with Crippen molar-refractivity contribution in [1.82, 2.24) is 16.0 Å². The van der Waals surface area contributed by atoms with Crippen LogP contribution in [0.2, 0.25) is 0 Å². The number of hydrogen-bond acceptors (Lipinski definition) is 6. The normalized spacial score (nSPS) is 11.9. The van der Waals surface area contributed by atoms with E-state index in [2.05, 4.69) is 16.0 Å². The van der Waals surface area contributed by atoms with Crippen LogP contribution in [0.5, 0.6) is 0 Å². The minimum absolute atomic E-state index is 0.186. The second-order valence-corrected chi connectivity index (χ2v) is 5.14. The number of nitrogens with one attached hydrogen (secondary N) is 3. The van der Waals surface area contributed by atoms with E-state index in [1.807, 2.05) is 0 Å². The molecule has 0 radical (unpaired) electrons. The number of methoxy groups -OCH3 is 1. The zero-order valence-corrected chi connectivity index (χ0v) is 11.1. The molecular formula is C9H23N3O4S. The second-order valence-electron chi connectivity index (χ2n) is 3.57. The van der Waals surface area contributed by atoms with Gasteiger partial charge in [0.05, 0.1) is 12.5 Å². The number of hydrogen-bond donors (Lipinski definition) is 4. The molecule has 0 heterocycles. The smallest absolute Gasteiger partial charge is 0.264 e. The Hall–Kier alpha value is -0.250. The fraction of sp³-hybridized carbons (Fsp3) is 1.00. The Morgan fingerprint density at radius 2 is 1.53 bits per heavy atom. The molecule has 0 unspecified atom stereocenters. The van der Waals surface area contributed by atoms with E-state index in [4.69, 9.17) is 9.29 Å². The van der Waals surface area contributed by atoms with Gasteiger partial charge in [-0.25, -0.2) is 0 Å². The van der Waals surface area contributed by atoms with E-state index < -0.39 is 10.1 Å². The monoisotopic (exact) mass is 269 g/mol. The minimum Gasteiger partial charge on any atom is -0.370 e. The first-order valence-corrected chi connectivity index (χ1v) is 7.23. The van der Waals surface area contributed by atoms with Crippen molar-refractivity contribution in [2.24, 2.45) is 0 Å². The third kappa shape index (κ3) is 15.8. The maximum absolute atomic E-state index is 10.4. The maximum Gasteiger partial charge on any atom is 0.264 e. The van der Waals surface area contributed by atoms with Gasteiger partial charge in [0, 0.05) is 33.3 Å². The number of ether oxygens (including phenoxy) is 1. The molecule has 0 bridgehead atoms. The Labute approximate surface area is 103 Å². The summed E-state index contributed by atoms with van der Waals surface area (Å²) >= 11 is 0. The summed E-state index contributed by atoms with van der Waals surface area (Å²) in [5.74, 6) is -0.186. The highest BCUT2D eigenvalue weighted by molar-refractivity contribution is 7.85. The first kappa shape index (κ1) is 16.8. The molecule has 0 saturated heterocycles. The summed E-state index contributed by atoms with van der Waals surface area (Å²) in [5, 5.41) is 9.34. The van der Waals surface area contributed by atoms with E-state index >= 15 is 0 Å². The van der Waals surface area contributed by atoms with E-state index in [1.165, 1.54) is 0 Å².